The molecule has 0 radical (unpaired) electrons. The van der Waals surface area contributed by atoms with Crippen molar-refractivity contribution in [1.82, 2.24) is 9.62 Å². The summed E-state index contributed by atoms with van der Waals surface area (Å²) < 4.78 is 26.0. The Hall–Kier alpha value is -0.390. The second kappa shape index (κ2) is 6.16. The van der Waals surface area contributed by atoms with Crippen molar-refractivity contribution >= 4 is 10.0 Å². The van der Waals surface area contributed by atoms with Crippen LogP contribution in [0.3, 0.4) is 0 Å². The molecule has 20 heavy (non-hydrogen) atoms. The molecule has 0 aromatic rings. The number of piperidine rings is 1. The molecule has 0 bridgehead atoms. The number of hydrogen-bond donors (Lipinski definition) is 1. The number of nitrogens with zero attached hydrogens (tertiary/aromatic N) is 1. The summed E-state index contributed by atoms with van der Waals surface area (Å²) in [6.07, 6.45) is 11.9. The van der Waals surface area contributed by atoms with Gasteiger partial charge in [-0.2, -0.15) is 0 Å². The maximum atomic E-state index is 12.2. The van der Waals surface area contributed by atoms with Crippen LogP contribution in [0.25, 0.3) is 0 Å². The molecule has 5 heteroatoms. The number of allylic oxidation sites excluding steroid dienone is 2. The molecule has 1 atom stereocenters. The summed E-state index contributed by atoms with van der Waals surface area (Å²) in [5.41, 5.74) is 0. The lowest BCUT2D eigenvalue weighted by molar-refractivity contribution is 0.277. The molecule has 0 unspecified atom stereocenters. The third-order valence-electron chi connectivity index (χ3n) is 4.83. The summed E-state index contributed by atoms with van der Waals surface area (Å²) in [6.45, 7) is 2.51. The van der Waals surface area contributed by atoms with Crippen LogP contribution in [0.5, 0.6) is 0 Å². The Bertz CT molecular complexity index is 448. The Morgan fingerprint density at radius 3 is 2.40 bits per heavy atom. The molecule has 0 amide bonds. The fourth-order valence-corrected chi connectivity index (χ4v) is 5.14. The first-order valence-electron chi connectivity index (χ1n) is 8.03. The first-order valence-corrected chi connectivity index (χ1v) is 9.54. The van der Waals surface area contributed by atoms with Crippen LogP contribution in [0.4, 0.5) is 0 Å². The summed E-state index contributed by atoms with van der Waals surface area (Å²) in [5.74, 6) is 0.772. The van der Waals surface area contributed by atoms with Crippen LogP contribution in [-0.2, 0) is 10.0 Å². The lowest BCUT2D eigenvalue weighted by atomic mass is 9.94. The van der Waals surface area contributed by atoms with Gasteiger partial charge in [0.2, 0.25) is 10.0 Å². The molecule has 2 aliphatic carbocycles. The largest absolute Gasteiger partial charge is 0.314 e. The van der Waals surface area contributed by atoms with Crippen molar-refractivity contribution in [1.29, 1.82) is 0 Å². The predicted octanol–water partition coefficient (Wildman–Crippen LogP) is 1.89. The first-order chi connectivity index (χ1) is 9.66. The van der Waals surface area contributed by atoms with Crippen molar-refractivity contribution in [2.24, 2.45) is 5.92 Å². The van der Waals surface area contributed by atoms with Crippen molar-refractivity contribution in [3.63, 3.8) is 0 Å². The highest BCUT2D eigenvalue weighted by molar-refractivity contribution is 7.90. The molecule has 4 nitrogen and oxygen atoms in total. The predicted molar refractivity (Wildman–Crippen MR) is 81.0 cm³/mol. The molecular weight excluding hydrogens is 272 g/mol. The number of rotatable bonds is 5. The highest BCUT2D eigenvalue weighted by atomic mass is 32.2. The van der Waals surface area contributed by atoms with Crippen LogP contribution < -0.4 is 5.32 Å². The van der Waals surface area contributed by atoms with E-state index in [4.69, 9.17) is 0 Å². The zero-order valence-electron chi connectivity index (χ0n) is 12.1. The van der Waals surface area contributed by atoms with Crippen molar-refractivity contribution in [3.8, 4) is 0 Å². The van der Waals surface area contributed by atoms with Gasteiger partial charge in [0, 0.05) is 19.1 Å². The van der Waals surface area contributed by atoms with Gasteiger partial charge in [-0.25, -0.2) is 12.7 Å². The Kier molecular flexibility index (Phi) is 4.48. The van der Waals surface area contributed by atoms with Crippen LogP contribution >= 0.6 is 0 Å². The molecule has 1 heterocycles. The van der Waals surface area contributed by atoms with E-state index in [0.717, 1.165) is 38.1 Å². The normalized spacial score (nSPS) is 29.7. The Balaban J connectivity index is 1.41. The van der Waals surface area contributed by atoms with Gasteiger partial charge in [-0.3, -0.25) is 0 Å². The highest BCUT2D eigenvalue weighted by Gasteiger charge is 2.41. The van der Waals surface area contributed by atoms with E-state index in [9.17, 15) is 8.42 Å². The number of sulfonamides is 1. The van der Waals surface area contributed by atoms with E-state index in [1.165, 1.54) is 19.3 Å². The van der Waals surface area contributed by atoms with Crippen molar-refractivity contribution < 1.29 is 8.42 Å². The quantitative estimate of drug-likeness (QED) is 0.789. The topological polar surface area (TPSA) is 49.4 Å². The number of nitrogens with one attached hydrogen (secondary N) is 1. The second-order valence-corrected chi connectivity index (χ2v) is 8.69. The highest BCUT2D eigenvalue weighted by Crippen LogP contribution is 2.32. The minimum atomic E-state index is -2.95. The zero-order valence-corrected chi connectivity index (χ0v) is 12.9. The summed E-state index contributed by atoms with van der Waals surface area (Å²) in [6, 6.07) is 0.506. The van der Waals surface area contributed by atoms with Crippen LogP contribution in [0.15, 0.2) is 12.2 Å². The molecule has 0 spiro atoms. The maximum Gasteiger partial charge on any atom is 0.216 e. The van der Waals surface area contributed by atoms with Crippen LogP contribution in [0, 0.1) is 5.92 Å². The molecule has 1 aliphatic heterocycles. The lowest BCUT2D eigenvalue weighted by Crippen LogP contribution is -2.46. The standard InChI is InChI=1S/C15H26N2O2S/c18-20(19,15-6-7-15)17-10-8-14(9-11-17)16-12-13-4-2-1-3-5-13/h1-2,13-16H,3-12H2/t13-/m0/s1. The van der Waals surface area contributed by atoms with E-state index in [2.05, 4.69) is 17.5 Å². The molecule has 3 rings (SSSR count). The van der Waals surface area contributed by atoms with Gasteiger partial charge in [0.1, 0.15) is 0 Å². The SMILES string of the molecule is O=S(=O)(C1CC1)N1CCC(NC[C@H]2CC=CCC2)CC1. The van der Waals surface area contributed by atoms with E-state index < -0.39 is 10.0 Å². The van der Waals surface area contributed by atoms with Gasteiger partial charge in [-0.05, 0) is 57.4 Å². The summed E-state index contributed by atoms with van der Waals surface area (Å²) in [5, 5.41) is 3.60. The lowest BCUT2D eigenvalue weighted by Gasteiger charge is -2.32. The fraction of sp³-hybridized carbons (Fsp3) is 0.867. The molecular formula is C15H26N2O2S. The zero-order chi connectivity index (χ0) is 14.0. The van der Waals surface area contributed by atoms with E-state index in [1.807, 2.05) is 0 Å². The van der Waals surface area contributed by atoms with E-state index in [0.29, 0.717) is 19.1 Å². The van der Waals surface area contributed by atoms with Crippen LogP contribution in [-0.4, -0.2) is 43.6 Å². The Morgan fingerprint density at radius 1 is 1.05 bits per heavy atom. The summed E-state index contributed by atoms with van der Waals surface area (Å²) >= 11 is 0. The van der Waals surface area contributed by atoms with Gasteiger partial charge in [0.25, 0.3) is 0 Å². The van der Waals surface area contributed by atoms with Crippen LogP contribution in [0.1, 0.15) is 44.9 Å². The van der Waals surface area contributed by atoms with Gasteiger partial charge < -0.3 is 5.32 Å². The molecule has 1 saturated carbocycles. The smallest absolute Gasteiger partial charge is 0.216 e. The van der Waals surface area contributed by atoms with Crippen molar-refractivity contribution in [2.45, 2.75) is 56.2 Å². The average molecular weight is 298 g/mol. The summed E-state index contributed by atoms with van der Waals surface area (Å²) in [4.78, 5) is 0. The average Bonchev–Trinajstić information content (AvgIpc) is 3.32. The molecule has 3 aliphatic rings. The molecule has 0 aromatic heterocycles. The molecule has 0 aromatic carbocycles. The monoisotopic (exact) mass is 298 g/mol. The van der Waals surface area contributed by atoms with E-state index in [1.54, 1.807) is 4.31 Å². The maximum absolute atomic E-state index is 12.2. The third-order valence-corrected chi connectivity index (χ3v) is 7.23. The van der Waals surface area contributed by atoms with Gasteiger partial charge in [-0.15, -0.1) is 0 Å². The Morgan fingerprint density at radius 2 is 1.80 bits per heavy atom. The Labute approximate surface area is 122 Å². The van der Waals surface area contributed by atoms with Gasteiger partial charge in [-0.1, -0.05) is 12.2 Å². The van der Waals surface area contributed by atoms with Crippen molar-refractivity contribution in [2.75, 3.05) is 19.6 Å². The fourth-order valence-electron chi connectivity index (χ4n) is 3.27. The van der Waals surface area contributed by atoms with Gasteiger partial charge in [0.05, 0.1) is 5.25 Å². The van der Waals surface area contributed by atoms with E-state index >= 15 is 0 Å². The van der Waals surface area contributed by atoms with Crippen molar-refractivity contribution in [3.05, 3.63) is 12.2 Å². The third kappa shape index (κ3) is 3.43. The molecule has 114 valence electrons. The second-order valence-electron chi connectivity index (χ2n) is 6.48. The number of hydrogen-bond acceptors (Lipinski definition) is 3. The molecule has 1 N–H and O–H groups in total. The summed E-state index contributed by atoms with van der Waals surface area (Å²) in [7, 11) is -2.95. The van der Waals surface area contributed by atoms with Gasteiger partial charge in [0.15, 0.2) is 0 Å². The first kappa shape index (κ1) is 14.5. The molecule has 2 fully saturated rings. The van der Waals surface area contributed by atoms with E-state index in [-0.39, 0.29) is 5.25 Å². The van der Waals surface area contributed by atoms with Gasteiger partial charge >= 0.3 is 0 Å². The molecule has 1 saturated heterocycles. The van der Waals surface area contributed by atoms with Crippen LogP contribution in [0.2, 0.25) is 0 Å². The minimum Gasteiger partial charge on any atom is -0.314 e. The minimum absolute atomic E-state index is 0.0546.